The maximum atomic E-state index is 13.7. The number of Topliss-reactive ketones (excluding diaryl/α,β-unsaturated/α-hetero) is 3. The lowest BCUT2D eigenvalue weighted by atomic mass is 9.58. The highest BCUT2D eigenvalue weighted by Crippen LogP contribution is 2.52. The molecule has 1 amide bonds. The minimum Gasteiger partial charge on any atom is -0.510 e. The van der Waals surface area contributed by atoms with Gasteiger partial charge in [-0.1, -0.05) is 6.07 Å². The highest BCUT2D eigenvalue weighted by molar-refractivity contribution is 6.25. The summed E-state index contributed by atoms with van der Waals surface area (Å²) in [6, 6.07) is 6.70. The third-order valence-electron chi connectivity index (χ3n) is 7.97. The first-order chi connectivity index (χ1) is 18.4. The molecule has 0 fully saturated rings. The number of pyridine rings is 1. The largest absolute Gasteiger partial charge is 0.510 e. The Balaban J connectivity index is 1.65. The Kier molecular flexibility index (Phi) is 6.15. The van der Waals surface area contributed by atoms with Crippen molar-refractivity contribution in [1.29, 1.82) is 0 Å². The predicted octanol–water partition coefficient (Wildman–Crippen LogP) is 0.941. The average molecular weight is 534 g/mol. The van der Waals surface area contributed by atoms with Gasteiger partial charge in [-0.15, -0.1) is 0 Å². The fraction of sp³-hybridized carbons (Fsp3) is 0.321. The molecule has 0 radical (unpaired) electrons. The summed E-state index contributed by atoms with van der Waals surface area (Å²) in [5.41, 5.74) is 2.29. The fourth-order valence-corrected chi connectivity index (χ4v) is 6.27. The predicted molar refractivity (Wildman–Crippen MR) is 136 cm³/mol. The van der Waals surface area contributed by atoms with Gasteiger partial charge in [-0.3, -0.25) is 29.1 Å². The average Bonchev–Trinajstić information content (AvgIpc) is 2.86. The van der Waals surface area contributed by atoms with Gasteiger partial charge in [-0.25, -0.2) is 0 Å². The highest BCUT2D eigenvalue weighted by Gasteiger charge is 2.63. The van der Waals surface area contributed by atoms with E-state index in [1.807, 2.05) is 0 Å². The van der Waals surface area contributed by atoms with E-state index in [2.05, 4.69) is 4.98 Å². The van der Waals surface area contributed by atoms with Crippen LogP contribution in [0.25, 0.3) is 0 Å². The number of aromatic nitrogens is 1. The maximum absolute atomic E-state index is 13.7. The van der Waals surface area contributed by atoms with Crippen molar-refractivity contribution < 1.29 is 39.6 Å². The Morgan fingerprint density at radius 3 is 2.46 bits per heavy atom. The Labute approximate surface area is 222 Å². The molecule has 0 aliphatic heterocycles. The number of ketones is 3. The number of carbonyl (C=O) groups is 4. The Morgan fingerprint density at radius 1 is 1.13 bits per heavy atom. The zero-order valence-corrected chi connectivity index (χ0v) is 21.2. The molecule has 2 aromatic rings. The van der Waals surface area contributed by atoms with Crippen LogP contribution in [0.15, 0.2) is 59.2 Å². The van der Waals surface area contributed by atoms with Gasteiger partial charge in [0.25, 0.3) is 5.91 Å². The molecule has 39 heavy (non-hydrogen) atoms. The molecule has 0 saturated heterocycles. The Morgan fingerprint density at radius 2 is 1.85 bits per heavy atom. The number of allylic oxidation sites excluding steroid dienone is 1. The molecule has 3 aliphatic carbocycles. The van der Waals surface area contributed by atoms with Crippen molar-refractivity contribution in [2.45, 2.75) is 30.9 Å². The standard InChI is InChI=1S/C28H27N3O8/c1-31(2)22-16-10-12-9-15-14(18(33)11-13-5-3-4-8-30-13)6-7-17(32)20(15)23(34)19(12)25(36)28(16,39)26(37)21(24(22)35)27(29)38/h3-8,12,16,22,32,35-36,39H,9-11H2,1-2H3,(H2,29,38)/t12-,16-,22+,28-/m0/s1. The second-order valence-corrected chi connectivity index (χ2v) is 10.4. The molecule has 1 heterocycles. The van der Waals surface area contributed by atoms with E-state index in [9.17, 15) is 39.6 Å². The van der Waals surface area contributed by atoms with E-state index in [0.717, 1.165) is 0 Å². The lowest BCUT2D eigenvalue weighted by Crippen LogP contribution is -2.63. The SMILES string of the molecule is CN(C)[C@H]1C(O)=C(C(N)=O)C(=O)[C@@]2(O)C(O)=C3C(=O)c4c(O)ccc(C(=O)Cc5ccccn5)c4C[C@H]3C[C@@H]12. The van der Waals surface area contributed by atoms with Gasteiger partial charge in [0.2, 0.25) is 5.78 Å². The molecule has 1 aromatic carbocycles. The number of carbonyl (C=O) groups excluding carboxylic acids is 4. The number of hydrogen-bond donors (Lipinski definition) is 5. The van der Waals surface area contributed by atoms with Crippen molar-refractivity contribution in [3.63, 3.8) is 0 Å². The van der Waals surface area contributed by atoms with Crippen LogP contribution in [-0.4, -0.2) is 79.3 Å². The number of nitrogens with two attached hydrogens (primary N) is 1. The van der Waals surface area contributed by atoms with Crippen molar-refractivity contribution in [3.8, 4) is 5.75 Å². The maximum Gasteiger partial charge on any atom is 0.255 e. The monoisotopic (exact) mass is 533 g/mol. The molecule has 202 valence electrons. The lowest BCUT2D eigenvalue weighted by molar-refractivity contribution is -0.148. The minimum atomic E-state index is -2.72. The molecule has 0 bridgehead atoms. The number of aliphatic hydroxyl groups excluding tert-OH is 2. The van der Waals surface area contributed by atoms with Crippen LogP contribution in [0.3, 0.4) is 0 Å². The van der Waals surface area contributed by atoms with Gasteiger partial charge in [-0.2, -0.15) is 0 Å². The quantitative estimate of drug-likeness (QED) is 0.273. The number of phenolic OH excluding ortho intramolecular Hbond substituents is 1. The van der Waals surface area contributed by atoms with Crippen LogP contribution in [-0.2, 0) is 22.4 Å². The summed E-state index contributed by atoms with van der Waals surface area (Å²) in [4.78, 5) is 58.1. The number of hydrogen-bond acceptors (Lipinski definition) is 10. The van der Waals surface area contributed by atoms with Gasteiger partial charge >= 0.3 is 0 Å². The first-order valence-corrected chi connectivity index (χ1v) is 12.3. The van der Waals surface area contributed by atoms with Crippen molar-refractivity contribution in [1.82, 2.24) is 9.88 Å². The van der Waals surface area contributed by atoms with E-state index in [1.165, 1.54) is 17.0 Å². The number of aromatic hydroxyl groups is 1. The van der Waals surface area contributed by atoms with Gasteiger partial charge < -0.3 is 26.2 Å². The summed E-state index contributed by atoms with van der Waals surface area (Å²) in [6.45, 7) is 0. The van der Waals surface area contributed by atoms with E-state index in [1.54, 1.807) is 38.5 Å². The summed E-state index contributed by atoms with van der Waals surface area (Å²) >= 11 is 0. The summed E-state index contributed by atoms with van der Waals surface area (Å²) in [6.07, 6.45) is 1.49. The zero-order chi connectivity index (χ0) is 28.4. The fourth-order valence-electron chi connectivity index (χ4n) is 6.27. The van der Waals surface area contributed by atoms with E-state index >= 15 is 0 Å². The molecule has 0 unspecified atom stereocenters. The third-order valence-corrected chi connectivity index (χ3v) is 7.97. The number of fused-ring (bicyclic) bond motifs is 3. The summed E-state index contributed by atoms with van der Waals surface area (Å²) in [5, 5.41) is 44.4. The molecule has 0 saturated carbocycles. The second kappa shape index (κ2) is 9.14. The van der Waals surface area contributed by atoms with Crippen LogP contribution < -0.4 is 5.73 Å². The smallest absolute Gasteiger partial charge is 0.255 e. The summed E-state index contributed by atoms with van der Waals surface area (Å²) < 4.78 is 0. The first-order valence-electron chi connectivity index (χ1n) is 12.3. The van der Waals surface area contributed by atoms with E-state index < -0.39 is 63.8 Å². The van der Waals surface area contributed by atoms with Crippen LogP contribution in [0, 0.1) is 11.8 Å². The van der Waals surface area contributed by atoms with Crippen molar-refractivity contribution >= 4 is 23.3 Å². The van der Waals surface area contributed by atoms with Gasteiger partial charge in [0.1, 0.15) is 22.8 Å². The van der Waals surface area contributed by atoms with Crippen LogP contribution in [0.1, 0.15) is 38.4 Å². The molecule has 1 aromatic heterocycles. The molecule has 6 N–H and O–H groups in total. The second-order valence-electron chi connectivity index (χ2n) is 10.4. The van der Waals surface area contributed by atoms with E-state index in [0.29, 0.717) is 5.69 Å². The van der Waals surface area contributed by atoms with Crippen LogP contribution in [0.4, 0.5) is 0 Å². The van der Waals surface area contributed by atoms with Crippen molar-refractivity contribution in [2.24, 2.45) is 17.6 Å². The van der Waals surface area contributed by atoms with Crippen molar-refractivity contribution in [3.05, 3.63) is 81.6 Å². The number of aliphatic hydroxyl groups is 3. The Bertz CT molecular complexity index is 1510. The summed E-state index contributed by atoms with van der Waals surface area (Å²) in [5.74, 6) is -7.69. The van der Waals surface area contributed by atoms with Crippen LogP contribution in [0.5, 0.6) is 5.75 Å². The molecule has 11 nitrogen and oxygen atoms in total. The molecular formula is C28H27N3O8. The lowest BCUT2D eigenvalue weighted by Gasteiger charge is -2.50. The van der Waals surface area contributed by atoms with Crippen LogP contribution in [0.2, 0.25) is 0 Å². The normalized spacial score (nSPS) is 26.3. The molecule has 4 atom stereocenters. The number of rotatable bonds is 5. The highest BCUT2D eigenvalue weighted by atomic mass is 16.3. The number of likely N-dealkylation sites (N-methyl/N-ethyl adjacent to an activating group) is 1. The van der Waals surface area contributed by atoms with Gasteiger partial charge in [-0.05, 0) is 62.7 Å². The zero-order valence-electron chi connectivity index (χ0n) is 21.2. The van der Waals surface area contributed by atoms with Gasteiger partial charge in [0.05, 0.1) is 18.0 Å². The molecule has 5 rings (SSSR count). The minimum absolute atomic E-state index is 0.0340. The van der Waals surface area contributed by atoms with Gasteiger partial charge in [0, 0.05) is 28.9 Å². The first kappa shape index (κ1) is 26.3. The summed E-state index contributed by atoms with van der Waals surface area (Å²) in [7, 11) is 3.11. The number of amides is 1. The molecule has 0 spiro atoms. The van der Waals surface area contributed by atoms with Gasteiger partial charge in [0.15, 0.2) is 17.2 Å². The number of primary amides is 1. The van der Waals surface area contributed by atoms with Crippen LogP contribution >= 0.6 is 0 Å². The third kappa shape index (κ3) is 3.76. The van der Waals surface area contributed by atoms with Crippen molar-refractivity contribution in [2.75, 3.05) is 14.1 Å². The molecule has 3 aliphatic rings. The number of nitrogens with zero attached hydrogens (tertiary/aromatic N) is 2. The Hall–Kier alpha value is -4.35. The van der Waals surface area contributed by atoms with E-state index in [-0.39, 0.29) is 47.3 Å². The number of phenols is 1. The molecule has 11 heteroatoms. The number of benzene rings is 1. The van der Waals surface area contributed by atoms with E-state index in [4.69, 9.17) is 5.73 Å². The topological polar surface area (TPSA) is 191 Å². The molecular weight excluding hydrogens is 506 g/mol.